The van der Waals surface area contributed by atoms with Gasteiger partial charge in [-0.25, -0.2) is 8.78 Å². The molecule has 1 aliphatic rings. The predicted molar refractivity (Wildman–Crippen MR) is 45.2 cm³/mol. The number of alkyl halides is 2. The van der Waals surface area contributed by atoms with Crippen LogP contribution in [0, 0.1) is 0 Å². The van der Waals surface area contributed by atoms with E-state index in [9.17, 15) is 8.78 Å². The van der Waals surface area contributed by atoms with Crippen molar-refractivity contribution in [1.29, 1.82) is 0 Å². The molecule has 0 unspecified atom stereocenters. The monoisotopic (exact) mass is 178 g/mol. The van der Waals surface area contributed by atoms with Crippen molar-refractivity contribution in [3.63, 3.8) is 0 Å². The lowest BCUT2D eigenvalue weighted by molar-refractivity contribution is -0.936. The lowest BCUT2D eigenvalue weighted by atomic mass is 10.0. The Bertz CT molecular complexity index is 156. The minimum atomic E-state index is -2.40. The molecule has 0 aromatic heterocycles. The first-order valence-electron chi connectivity index (χ1n) is 4.58. The van der Waals surface area contributed by atoms with Gasteiger partial charge in [0.25, 0.3) is 5.92 Å². The van der Waals surface area contributed by atoms with Crippen molar-refractivity contribution >= 4 is 0 Å². The molecule has 1 heterocycles. The summed E-state index contributed by atoms with van der Waals surface area (Å²) in [5.41, 5.74) is 0. The molecule has 1 saturated heterocycles. The Balaban J connectivity index is 2.55. The summed E-state index contributed by atoms with van der Waals surface area (Å²) >= 11 is 0. The van der Waals surface area contributed by atoms with E-state index in [-0.39, 0.29) is 12.8 Å². The second-order valence-corrected chi connectivity index (χ2v) is 4.38. The van der Waals surface area contributed by atoms with Gasteiger partial charge in [0.15, 0.2) is 0 Å². The Morgan fingerprint density at radius 2 is 1.58 bits per heavy atom. The SMILES string of the molecule is CC(C)[N+]1(C)CCC(F)(F)CC1. The second-order valence-electron chi connectivity index (χ2n) is 4.38. The van der Waals surface area contributed by atoms with Gasteiger partial charge < -0.3 is 4.48 Å². The first-order valence-corrected chi connectivity index (χ1v) is 4.58. The number of hydrogen-bond acceptors (Lipinski definition) is 0. The molecule has 0 bridgehead atoms. The van der Waals surface area contributed by atoms with Gasteiger partial charge in [0.1, 0.15) is 0 Å². The molecular formula is C9H18F2N+. The molecule has 0 aliphatic carbocycles. The molecule has 72 valence electrons. The van der Waals surface area contributed by atoms with Gasteiger partial charge in [0.05, 0.1) is 39.0 Å². The van der Waals surface area contributed by atoms with Gasteiger partial charge in [-0.15, -0.1) is 0 Å². The predicted octanol–water partition coefficient (Wildman–Crippen LogP) is 2.27. The maximum Gasteiger partial charge on any atom is 0.258 e. The molecule has 0 N–H and O–H groups in total. The van der Waals surface area contributed by atoms with Crippen LogP contribution in [0.3, 0.4) is 0 Å². The van der Waals surface area contributed by atoms with Gasteiger partial charge in [-0.2, -0.15) is 0 Å². The minimum Gasteiger partial charge on any atom is -0.324 e. The van der Waals surface area contributed by atoms with Crippen LogP contribution in [0.5, 0.6) is 0 Å². The highest BCUT2D eigenvalue weighted by atomic mass is 19.3. The van der Waals surface area contributed by atoms with E-state index in [0.29, 0.717) is 19.1 Å². The van der Waals surface area contributed by atoms with Crippen LogP contribution in [0.15, 0.2) is 0 Å². The Morgan fingerprint density at radius 1 is 1.17 bits per heavy atom. The Hall–Kier alpha value is -0.180. The van der Waals surface area contributed by atoms with E-state index in [1.54, 1.807) is 0 Å². The van der Waals surface area contributed by atoms with Crippen molar-refractivity contribution in [3.8, 4) is 0 Å². The average Bonchev–Trinajstić information content (AvgIpc) is 1.96. The molecule has 1 nitrogen and oxygen atoms in total. The zero-order valence-corrected chi connectivity index (χ0v) is 8.11. The Morgan fingerprint density at radius 3 is 1.92 bits per heavy atom. The zero-order valence-electron chi connectivity index (χ0n) is 8.11. The summed E-state index contributed by atoms with van der Waals surface area (Å²) in [6, 6.07) is 0.459. The van der Waals surface area contributed by atoms with E-state index in [0.717, 1.165) is 4.48 Å². The molecule has 0 amide bonds. The van der Waals surface area contributed by atoms with Crippen molar-refractivity contribution in [2.45, 2.75) is 38.7 Å². The maximum atomic E-state index is 12.8. The summed E-state index contributed by atoms with van der Waals surface area (Å²) in [4.78, 5) is 0. The summed E-state index contributed by atoms with van der Waals surface area (Å²) in [6.07, 6.45) is 0.114. The number of hydrogen-bond donors (Lipinski definition) is 0. The van der Waals surface area contributed by atoms with E-state index in [4.69, 9.17) is 0 Å². The molecule has 0 aromatic carbocycles. The van der Waals surface area contributed by atoms with Gasteiger partial charge >= 0.3 is 0 Å². The summed E-state index contributed by atoms with van der Waals surface area (Å²) < 4.78 is 26.4. The molecule has 1 rings (SSSR count). The second kappa shape index (κ2) is 2.95. The van der Waals surface area contributed by atoms with E-state index in [1.165, 1.54) is 0 Å². The fraction of sp³-hybridized carbons (Fsp3) is 1.00. The van der Waals surface area contributed by atoms with E-state index < -0.39 is 5.92 Å². The lowest BCUT2D eigenvalue weighted by Gasteiger charge is -2.43. The summed E-state index contributed by atoms with van der Waals surface area (Å²) in [6.45, 7) is 5.43. The highest BCUT2D eigenvalue weighted by Gasteiger charge is 2.42. The number of halogens is 2. The molecule has 0 spiro atoms. The highest BCUT2D eigenvalue weighted by molar-refractivity contribution is 4.71. The smallest absolute Gasteiger partial charge is 0.258 e. The lowest BCUT2D eigenvalue weighted by Crippen LogP contribution is -2.56. The Labute approximate surface area is 73.0 Å². The van der Waals surface area contributed by atoms with Gasteiger partial charge in [0.2, 0.25) is 0 Å². The van der Waals surface area contributed by atoms with Crippen LogP contribution in [-0.4, -0.2) is 36.6 Å². The maximum absolute atomic E-state index is 12.8. The first-order chi connectivity index (χ1) is 5.36. The van der Waals surface area contributed by atoms with Crippen LogP contribution in [0.1, 0.15) is 26.7 Å². The topological polar surface area (TPSA) is 0 Å². The third kappa shape index (κ3) is 1.94. The molecule has 1 aliphatic heterocycles. The fourth-order valence-electron chi connectivity index (χ4n) is 1.59. The van der Waals surface area contributed by atoms with Crippen LogP contribution in [-0.2, 0) is 0 Å². The van der Waals surface area contributed by atoms with Crippen molar-refractivity contribution in [2.24, 2.45) is 0 Å². The molecule has 1 fully saturated rings. The van der Waals surface area contributed by atoms with Crippen LogP contribution >= 0.6 is 0 Å². The number of piperidine rings is 1. The summed E-state index contributed by atoms with van der Waals surface area (Å²) in [7, 11) is 2.07. The van der Waals surface area contributed by atoms with E-state index in [2.05, 4.69) is 20.9 Å². The Kier molecular flexibility index (Phi) is 2.43. The van der Waals surface area contributed by atoms with Crippen molar-refractivity contribution in [3.05, 3.63) is 0 Å². The zero-order chi connectivity index (χ0) is 9.41. The fourth-order valence-corrected chi connectivity index (χ4v) is 1.59. The van der Waals surface area contributed by atoms with Crippen LogP contribution in [0.2, 0.25) is 0 Å². The first kappa shape index (κ1) is 9.90. The van der Waals surface area contributed by atoms with Gasteiger partial charge in [-0.3, -0.25) is 0 Å². The third-order valence-electron chi connectivity index (χ3n) is 3.22. The van der Waals surface area contributed by atoms with Crippen LogP contribution in [0.25, 0.3) is 0 Å². The molecule has 3 heteroatoms. The number of likely N-dealkylation sites (tertiary alicyclic amines) is 1. The van der Waals surface area contributed by atoms with Gasteiger partial charge in [-0.1, -0.05) is 0 Å². The standard InChI is InChI=1S/C9H18F2N/c1-8(2)12(3)6-4-9(10,11)5-7-12/h8H,4-7H2,1-3H3/q+1. The molecule has 12 heavy (non-hydrogen) atoms. The van der Waals surface area contributed by atoms with Gasteiger partial charge in [0, 0.05) is 0 Å². The van der Waals surface area contributed by atoms with Crippen molar-refractivity contribution < 1.29 is 13.3 Å². The quantitative estimate of drug-likeness (QED) is 0.540. The number of nitrogens with zero attached hydrogens (tertiary/aromatic N) is 1. The third-order valence-corrected chi connectivity index (χ3v) is 3.22. The number of quaternary nitrogens is 1. The average molecular weight is 178 g/mol. The normalized spacial score (nSPS) is 27.5. The van der Waals surface area contributed by atoms with Crippen molar-refractivity contribution in [1.82, 2.24) is 0 Å². The molecular weight excluding hydrogens is 160 g/mol. The minimum absolute atomic E-state index is 0.0572. The molecule has 0 radical (unpaired) electrons. The van der Waals surface area contributed by atoms with Crippen LogP contribution in [0.4, 0.5) is 8.78 Å². The molecule has 0 aromatic rings. The molecule has 0 saturated carbocycles. The van der Waals surface area contributed by atoms with E-state index >= 15 is 0 Å². The number of rotatable bonds is 1. The van der Waals surface area contributed by atoms with Crippen molar-refractivity contribution in [2.75, 3.05) is 20.1 Å². The van der Waals surface area contributed by atoms with Gasteiger partial charge in [-0.05, 0) is 13.8 Å². The summed E-state index contributed by atoms with van der Waals surface area (Å²) in [5, 5.41) is 0. The molecule has 0 atom stereocenters. The largest absolute Gasteiger partial charge is 0.324 e. The van der Waals surface area contributed by atoms with E-state index in [1.807, 2.05) is 0 Å². The van der Waals surface area contributed by atoms with Crippen LogP contribution < -0.4 is 0 Å². The summed E-state index contributed by atoms with van der Waals surface area (Å²) in [5.74, 6) is -2.40. The highest BCUT2D eigenvalue weighted by Crippen LogP contribution is 2.31.